The van der Waals surface area contributed by atoms with Crippen molar-refractivity contribution < 1.29 is 0 Å². The maximum atomic E-state index is 5.58. The van der Waals surface area contributed by atoms with Crippen LogP contribution in [0, 0.1) is 11.3 Å². The summed E-state index contributed by atoms with van der Waals surface area (Å²) >= 11 is 0. The van der Waals surface area contributed by atoms with E-state index in [1.54, 1.807) is 0 Å². The summed E-state index contributed by atoms with van der Waals surface area (Å²) in [5.74, 6) is 1.95. The number of hydrogen-bond acceptors (Lipinski definition) is 3. The first-order chi connectivity index (χ1) is 9.50. The van der Waals surface area contributed by atoms with Crippen molar-refractivity contribution in [3.8, 4) is 0 Å². The monoisotopic (exact) mass is 275 g/mol. The number of aromatic nitrogens is 1. The summed E-state index contributed by atoms with van der Waals surface area (Å²) in [6, 6.07) is 4.32. The Labute approximate surface area is 123 Å². The molecule has 0 radical (unpaired) electrons. The zero-order valence-electron chi connectivity index (χ0n) is 13.2. The van der Waals surface area contributed by atoms with Crippen LogP contribution in [0.1, 0.15) is 45.6 Å². The summed E-state index contributed by atoms with van der Waals surface area (Å²) in [4.78, 5) is 7.06. The van der Waals surface area contributed by atoms with Gasteiger partial charge in [0.25, 0.3) is 0 Å². The molecule has 1 aliphatic rings. The van der Waals surface area contributed by atoms with Crippen LogP contribution in [-0.4, -0.2) is 24.6 Å². The first kappa shape index (κ1) is 15.3. The van der Waals surface area contributed by atoms with E-state index in [4.69, 9.17) is 5.73 Å². The molecule has 1 saturated heterocycles. The Morgan fingerprint density at radius 3 is 2.65 bits per heavy atom. The van der Waals surface area contributed by atoms with Crippen molar-refractivity contribution in [1.29, 1.82) is 0 Å². The third-order valence-corrected chi connectivity index (χ3v) is 4.52. The lowest BCUT2D eigenvalue weighted by atomic mass is 9.77. The molecule has 1 aromatic heterocycles. The van der Waals surface area contributed by atoms with Crippen molar-refractivity contribution in [2.75, 3.05) is 24.5 Å². The van der Waals surface area contributed by atoms with Crippen LogP contribution < -0.4 is 10.6 Å². The molecule has 0 bridgehead atoms. The fraction of sp³-hybridized carbons (Fsp3) is 0.706. The topological polar surface area (TPSA) is 42.1 Å². The molecule has 20 heavy (non-hydrogen) atoms. The van der Waals surface area contributed by atoms with Crippen molar-refractivity contribution in [3.63, 3.8) is 0 Å². The van der Waals surface area contributed by atoms with Gasteiger partial charge in [0.15, 0.2) is 0 Å². The Morgan fingerprint density at radius 1 is 1.25 bits per heavy atom. The van der Waals surface area contributed by atoms with Crippen LogP contribution in [0.25, 0.3) is 0 Å². The van der Waals surface area contributed by atoms with Gasteiger partial charge >= 0.3 is 0 Å². The minimum atomic E-state index is 0.425. The quantitative estimate of drug-likeness (QED) is 0.921. The molecule has 1 fully saturated rings. The fourth-order valence-corrected chi connectivity index (χ4v) is 3.11. The smallest absolute Gasteiger partial charge is 0.128 e. The zero-order chi connectivity index (χ0) is 14.6. The molecule has 1 unspecified atom stereocenters. The molecular weight excluding hydrogens is 246 g/mol. The summed E-state index contributed by atoms with van der Waals surface area (Å²) in [6.45, 7) is 10.1. The number of nitrogens with zero attached hydrogens (tertiary/aromatic N) is 2. The van der Waals surface area contributed by atoms with E-state index in [0.717, 1.165) is 31.2 Å². The second kappa shape index (κ2) is 6.57. The highest BCUT2D eigenvalue weighted by atomic mass is 15.2. The minimum Gasteiger partial charge on any atom is -0.357 e. The van der Waals surface area contributed by atoms with E-state index in [9.17, 15) is 0 Å². The van der Waals surface area contributed by atoms with Gasteiger partial charge in [-0.25, -0.2) is 4.98 Å². The predicted molar refractivity (Wildman–Crippen MR) is 86.0 cm³/mol. The second-order valence-electron chi connectivity index (χ2n) is 7.04. The molecule has 2 N–H and O–H groups in total. The Kier molecular flexibility index (Phi) is 5.03. The lowest BCUT2D eigenvalue weighted by molar-refractivity contribution is 0.220. The number of anilines is 1. The van der Waals surface area contributed by atoms with Crippen molar-refractivity contribution in [2.24, 2.45) is 17.1 Å². The first-order valence-electron chi connectivity index (χ1n) is 7.90. The summed E-state index contributed by atoms with van der Waals surface area (Å²) in [5.41, 5.74) is 7.24. The molecular formula is C17H29N3. The van der Waals surface area contributed by atoms with Gasteiger partial charge in [-0.2, -0.15) is 0 Å². The Morgan fingerprint density at radius 2 is 2.05 bits per heavy atom. The maximum Gasteiger partial charge on any atom is 0.128 e. The van der Waals surface area contributed by atoms with E-state index in [-0.39, 0.29) is 0 Å². The van der Waals surface area contributed by atoms with Crippen LogP contribution in [0.15, 0.2) is 18.3 Å². The van der Waals surface area contributed by atoms with Crippen LogP contribution in [0.2, 0.25) is 0 Å². The van der Waals surface area contributed by atoms with Gasteiger partial charge in [0.1, 0.15) is 5.82 Å². The molecule has 0 aromatic carbocycles. The number of pyridine rings is 1. The molecule has 1 aliphatic heterocycles. The predicted octanol–water partition coefficient (Wildman–Crippen LogP) is 3.24. The van der Waals surface area contributed by atoms with Gasteiger partial charge in [0, 0.05) is 19.3 Å². The standard InChI is InChI=1S/C17H29N3/c1-17(2,3)15-5-4-11-20(12-9-15)16-7-6-14(8-10-18)13-19-16/h6-7,13,15H,4-5,8-12,18H2,1-3H3. The SMILES string of the molecule is CC(C)(C)C1CCCN(c2ccc(CCN)cn2)CC1. The van der Waals surface area contributed by atoms with Crippen LogP contribution >= 0.6 is 0 Å². The normalized spacial score (nSPS) is 20.8. The summed E-state index contributed by atoms with van der Waals surface area (Å²) in [6.07, 6.45) is 6.78. The van der Waals surface area contributed by atoms with E-state index < -0.39 is 0 Å². The van der Waals surface area contributed by atoms with Gasteiger partial charge in [0.2, 0.25) is 0 Å². The summed E-state index contributed by atoms with van der Waals surface area (Å²) in [5, 5.41) is 0. The van der Waals surface area contributed by atoms with Crippen LogP contribution in [-0.2, 0) is 6.42 Å². The minimum absolute atomic E-state index is 0.425. The fourth-order valence-electron chi connectivity index (χ4n) is 3.11. The van der Waals surface area contributed by atoms with Crippen molar-refractivity contribution in [3.05, 3.63) is 23.9 Å². The molecule has 3 heteroatoms. The number of hydrogen-bond donors (Lipinski definition) is 1. The lowest BCUT2D eigenvalue weighted by Gasteiger charge is -2.29. The van der Waals surface area contributed by atoms with Crippen molar-refractivity contribution >= 4 is 5.82 Å². The highest BCUT2D eigenvalue weighted by Crippen LogP contribution is 2.34. The molecule has 0 spiro atoms. The number of nitrogens with two attached hydrogens (primary N) is 1. The average Bonchev–Trinajstić information content (AvgIpc) is 2.65. The van der Waals surface area contributed by atoms with Crippen LogP contribution in [0.3, 0.4) is 0 Å². The highest BCUT2D eigenvalue weighted by molar-refractivity contribution is 5.39. The van der Waals surface area contributed by atoms with Gasteiger partial charge < -0.3 is 10.6 Å². The third kappa shape index (κ3) is 3.95. The van der Waals surface area contributed by atoms with Crippen LogP contribution in [0.5, 0.6) is 0 Å². The molecule has 3 nitrogen and oxygen atoms in total. The summed E-state index contributed by atoms with van der Waals surface area (Å²) < 4.78 is 0. The molecule has 112 valence electrons. The van der Waals surface area contributed by atoms with Gasteiger partial charge in [0.05, 0.1) is 0 Å². The molecule has 2 rings (SSSR count). The Hall–Kier alpha value is -1.09. The average molecular weight is 275 g/mol. The molecule has 0 saturated carbocycles. The molecule has 1 atom stereocenters. The van der Waals surface area contributed by atoms with Gasteiger partial charge in [-0.05, 0) is 55.2 Å². The molecule has 1 aromatic rings. The molecule has 0 aliphatic carbocycles. The van der Waals surface area contributed by atoms with E-state index in [2.05, 4.69) is 42.8 Å². The Bertz CT molecular complexity index is 405. The van der Waals surface area contributed by atoms with E-state index >= 15 is 0 Å². The van der Waals surface area contributed by atoms with Crippen molar-refractivity contribution in [1.82, 2.24) is 4.98 Å². The van der Waals surface area contributed by atoms with Gasteiger partial charge in [-0.3, -0.25) is 0 Å². The highest BCUT2D eigenvalue weighted by Gasteiger charge is 2.27. The zero-order valence-corrected chi connectivity index (χ0v) is 13.2. The second-order valence-corrected chi connectivity index (χ2v) is 7.04. The Balaban J connectivity index is 1.99. The van der Waals surface area contributed by atoms with Crippen molar-refractivity contribution in [2.45, 2.75) is 46.5 Å². The molecule has 0 amide bonds. The van der Waals surface area contributed by atoms with E-state index in [1.165, 1.54) is 24.8 Å². The van der Waals surface area contributed by atoms with Gasteiger partial charge in [-0.1, -0.05) is 26.8 Å². The van der Waals surface area contributed by atoms with E-state index in [1.807, 2.05) is 6.20 Å². The van der Waals surface area contributed by atoms with Crippen LogP contribution in [0.4, 0.5) is 5.82 Å². The summed E-state index contributed by atoms with van der Waals surface area (Å²) in [7, 11) is 0. The largest absolute Gasteiger partial charge is 0.357 e. The van der Waals surface area contributed by atoms with Gasteiger partial charge in [-0.15, -0.1) is 0 Å². The number of rotatable bonds is 3. The molecule has 2 heterocycles. The first-order valence-corrected chi connectivity index (χ1v) is 7.90. The van der Waals surface area contributed by atoms with E-state index in [0.29, 0.717) is 12.0 Å². The lowest BCUT2D eigenvalue weighted by Crippen LogP contribution is -2.26. The maximum absolute atomic E-state index is 5.58. The third-order valence-electron chi connectivity index (χ3n) is 4.52.